The molecule has 5 heteroatoms. The van der Waals surface area contributed by atoms with Crippen LogP contribution in [0.2, 0.25) is 0 Å². The maximum absolute atomic E-state index is 11.2. The van der Waals surface area contributed by atoms with Crippen LogP contribution < -0.4 is 0 Å². The first kappa shape index (κ1) is 19.4. The van der Waals surface area contributed by atoms with Gasteiger partial charge in [-0.25, -0.2) is 0 Å². The first-order chi connectivity index (χ1) is 13.0. The lowest BCUT2D eigenvalue weighted by Gasteiger charge is -2.57. The Morgan fingerprint density at radius 2 is 2.07 bits per heavy atom. The third-order valence-electron chi connectivity index (χ3n) is 8.22. The van der Waals surface area contributed by atoms with Crippen molar-refractivity contribution in [3.05, 3.63) is 12.2 Å². The SMILES string of the molecule is C=C1CCC2C3COCOC3CCC2(C)C1CCN1CCC(C(=O)O)CC1. The molecule has 4 aliphatic rings. The summed E-state index contributed by atoms with van der Waals surface area (Å²) in [5.41, 5.74) is 1.74. The van der Waals surface area contributed by atoms with Gasteiger partial charge in [0.2, 0.25) is 0 Å². The molecule has 2 aliphatic heterocycles. The zero-order chi connectivity index (χ0) is 19.0. The lowest BCUT2D eigenvalue weighted by Crippen LogP contribution is -2.54. The maximum atomic E-state index is 11.2. The Bertz CT molecular complexity index is 571. The molecule has 0 spiro atoms. The highest BCUT2D eigenvalue weighted by molar-refractivity contribution is 5.70. The minimum absolute atomic E-state index is 0.144. The Kier molecular flexibility index (Phi) is 5.64. The fourth-order valence-corrected chi connectivity index (χ4v) is 6.56. The average Bonchev–Trinajstić information content (AvgIpc) is 2.67. The van der Waals surface area contributed by atoms with Crippen LogP contribution in [0.1, 0.15) is 51.9 Å². The summed E-state index contributed by atoms with van der Waals surface area (Å²) in [4.78, 5) is 13.6. The molecule has 0 radical (unpaired) electrons. The number of nitrogens with zero attached hydrogens (tertiary/aromatic N) is 1. The van der Waals surface area contributed by atoms with Crippen molar-refractivity contribution >= 4 is 5.97 Å². The Morgan fingerprint density at radius 1 is 1.30 bits per heavy atom. The van der Waals surface area contributed by atoms with E-state index in [9.17, 15) is 9.90 Å². The molecule has 0 amide bonds. The van der Waals surface area contributed by atoms with Crippen molar-refractivity contribution in [3.63, 3.8) is 0 Å². The molecule has 27 heavy (non-hydrogen) atoms. The van der Waals surface area contributed by atoms with Crippen LogP contribution in [0.5, 0.6) is 0 Å². The lowest BCUT2D eigenvalue weighted by atomic mass is 9.50. The van der Waals surface area contributed by atoms with Crippen molar-refractivity contribution in [1.82, 2.24) is 4.90 Å². The lowest BCUT2D eigenvalue weighted by molar-refractivity contribution is -0.218. The topological polar surface area (TPSA) is 59.0 Å². The summed E-state index contributed by atoms with van der Waals surface area (Å²) in [5.74, 6) is 1.01. The van der Waals surface area contributed by atoms with Gasteiger partial charge in [0.05, 0.1) is 18.6 Å². The van der Waals surface area contributed by atoms with Gasteiger partial charge >= 0.3 is 5.97 Å². The molecule has 0 aromatic carbocycles. The second kappa shape index (κ2) is 7.84. The van der Waals surface area contributed by atoms with E-state index in [1.165, 1.54) is 18.4 Å². The van der Waals surface area contributed by atoms with Gasteiger partial charge < -0.3 is 19.5 Å². The highest BCUT2D eigenvalue weighted by Gasteiger charge is 2.53. The molecule has 4 rings (SSSR count). The molecule has 5 nitrogen and oxygen atoms in total. The molecule has 2 saturated carbocycles. The van der Waals surface area contributed by atoms with Crippen LogP contribution >= 0.6 is 0 Å². The highest BCUT2D eigenvalue weighted by atomic mass is 16.7. The van der Waals surface area contributed by atoms with Crippen LogP contribution in [-0.2, 0) is 14.3 Å². The van der Waals surface area contributed by atoms with E-state index in [0.717, 1.165) is 58.3 Å². The predicted molar refractivity (Wildman–Crippen MR) is 103 cm³/mol. The molecule has 152 valence electrons. The predicted octanol–water partition coefficient (Wildman–Crippen LogP) is 3.54. The molecule has 0 bridgehead atoms. The van der Waals surface area contributed by atoms with E-state index in [1.54, 1.807) is 0 Å². The second-order valence-electron chi connectivity index (χ2n) is 9.50. The van der Waals surface area contributed by atoms with Gasteiger partial charge in [-0.2, -0.15) is 0 Å². The average molecular weight is 378 g/mol. The fourth-order valence-electron chi connectivity index (χ4n) is 6.56. The minimum atomic E-state index is -0.626. The number of ether oxygens (including phenoxy) is 2. The smallest absolute Gasteiger partial charge is 0.306 e. The van der Waals surface area contributed by atoms with Gasteiger partial charge in [-0.1, -0.05) is 19.1 Å². The molecule has 5 atom stereocenters. The van der Waals surface area contributed by atoms with Gasteiger partial charge in [-0.05, 0) is 81.8 Å². The molecule has 0 aromatic rings. The van der Waals surface area contributed by atoms with Gasteiger partial charge in [0.1, 0.15) is 6.79 Å². The number of carboxylic acids is 1. The van der Waals surface area contributed by atoms with E-state index < -0.39 is 5.97 Å². The molecular formula is C22H35NO4. The number of allylic oxidation sites excluding steroid dienone is 1. The molecular weight excluding hydrogens is 342 g/mol. The van der Waals surface area contributed by atoms with E-state index in [4.69, 9.17) is 9.47 Å². The minimum Gasteiger partial charge on any atom is -0.481 e. The number of carboxylic acid groups (broad SMARTS) is 1. The van der Waals surface area contributed by atoms with Crippen molar-refractivity contribution in [2.24, 2.45) is 29.1 Å². The molecule has 0 aromatic heterocycles. The van der Waals surface area contributed by atoms with Gasteiger partial charge in [0.15, 0.2) is 0 Å². The van der Waals surface area contributed by atoms with E-state index in [0.29, 0.717) is 36.1 Å². The van der Waals surface area contributed by atoms with E-state index in [2.05, 4.69) is 18.4 Å². The Labute approximate surface area is 163 Å². The molecule has 5 unspecified atom stereocenters. The largest absolute Gasteiger partial charge is 0.481 e. The van der Waals surface area contributed by atoms with Gasteiger partial charge in [0.25, 0.3) is 0 Å². The number of likely N-dealkylation sites (tertiary alicyclic amines) is 1. The van der Waals surface area contributed by atoms with Crippen molar-refractivity contribution in [2.75, 3.05) is 33.0 Å². The van der Waals surface area contributed by atoms with Crippen molar-refractivity contribution in [2.45, 2.75) is 58.0 Å². The number of aliphatic carboxylic acids is 1. The number of piperidine rings is 1. The number of hydrogen-bond donors (Lipinski definition) is 1. The summed E-state index contributed by atoms with van der Waals surface area (Å²) in [7, 11) is 0. The van der Waals surface area contributed by atoms with Crippen molar-refractivity contribution in [3.8, 4) is 0 Å². The number of carbonyl (C=O) groups is 1. The van der Waals surface area contributed by atoms with Crippen LogP contribution in [0.3, 0.4) is 0 Å². The third kappa shape index (κ3) is 3.70. The standard InChI is InChI=1S/C22H35NO4/c1-15-3-4-19-17-13-26-14-27-20(17)5-9-22(19,2)18(15)8-12-23-10-6-16(7-11-23)21(24)25/h16-20H,1,3-14H2,2H3,(H,24,25). The Balaban J connectivity index is 1.39. The zero-order valence-electron chi connectivity index (χ0n) is 16.7. The molecule has 1 N–H and O–H groups in total. The quantitative estimate of drug-likeness (QED) is 0.760. The summed E-state index contributed by atoms with van der Waals surface area (Å²) in [6, 6.07) is 0. The second-order valence-corrected chi connectivity index (χ2v) is 9.50. The number of hydrogen-bond acceptors (Lipinski definition) is 4. The molecule has 2 heterocycles. The molecule has 2 saturated heterocycles. The monoisotopic (exact) mass is 377 g/mol. The fraction of sp³-hybridized carbons (Fsp3) is 0.864. The summed E-state index contributed by atoms with van der Waals surface area (Å²) in [5, 5.41) is 9.20. The summed E-state index contributed by atoms with van der Waals surface area (Å²) in [6.45, 7) is 11.2. The van der Waals surface area contributed by atoms with Gasteiger partial charge in [-0.15, -0.1) is 0 Å². The first-order valence-electron chi connectivity index (χ1n) is 10.8. The van der Waals surface area contributed by atoms with Crippen molar-refractivity contribution < 1.29 is 19.4 Å². The van der Waals surface area contributed by atoms with Crippen LogP contribution in [-0.4, -0.2) is 55.1 Å². The van der Waals surface area contributed by atoms with Crippen LogP contribution in [0, 0.1) is 29.1 Å². The van der Waals surface area contributed by atoms with Crippen LogP contribution in [0.25, 0.3) is 0 Å². The van der Waals surface area contributed by atoms with Crippen LogP contribution in [0.15, 0.2) is 12.2 Å². The number of fused-ring (bicyclic) bond motifs is 3. The Morgan fingerprint density at radius 3 is 2.81 bits per heavy atom. The van der Waals surface area contributed by atoms with Gasteiger partial charge in [0, 0.05) is 5.92 Å². The first-order valence-corrected chi connectivity index (χ1v) is 10.8. The summed E-state index contributed by atoms with van der Waals surface area (Å²) in [6.07, 6.45) is 7.86. The zero-order valence-corrected chi connectivity index (χ0v) is 16.7. The summed E-state index contributed by atoms with van der Waals surface area (Å²) >= 11 is 0. The highest BCUT2D eigenvalue weighted by Crippen LogP contribution is 2.58. The summed E-state index contributed by atoms with van der Waals surface area (Å²) < 4.78 is 11.6. The number of rotatable bonds is 4. The molecule has 4 fully saturated rings. The normalized spacial score (nSPS) is 41.0. The maximum Gasteiger partial charge on any atom is 0.306 e. The Hall–Kier alpha value is -0.910. The third-order valence-corrected chi connectivity index (χ3v) is 8.22. The van der Waals surface area contributed by atoms with E-state index >= 15 is 0 Å². The van der Waals surface area contributed by atoms with Crippen LogP contribution in [0.4, 0.5) is 0 Å². The van der Waals surface area contributed by atoms with E-state index in [1.807, 2.05) is 0 Å². The molecule has 2 aliphatic carbocycles. The van der Waals surface area contributed by atoms with Crippen molar-refractivity contribution in [1.29, 1.82) is 0 Å². The van der Waals surface area contributed by atoms with Gasteiger partial charge in [-0.3, -0.25) is 4.79 Å². The van der Waals surface area contributed by atoms with E-state index in [-0.39, 0.29) is 5.92 Å².